The lowest BCUT2D eigenvalue weighted by Gasteiger charge is -2.71. The normalized spacial score (nSPS) is 46.7. The quantitative estimate of drug-likeness (QED) is 0.324. The lowest BCUT2D eigenvalue weighted by atomic mass is 9.33. The predicted molar refractivity (Wildman–Crippen MR) is 161 cm³/mol. The summed E-state index contributed by atoms with van der Waals surface area (Å²) in [6.07, 6.45) is 10.5. The van der Waals surface area contributed by atoms with Gasteiger partial charge in [0.1, 0.15) is 11.5 Å². The number of carboxylic acid groups (broad SMARTS) is 1. The molecular formula is C36H52O5. The molecule has 4 saturated carbocycles. The lowest BCUT2D eigenvalue weighted by molar-refractivity contribution is -0.214. The van der Waals surface area contributed by atoms with Gasteiger partial charge < -0.3 is 20.1 Å². The Labute approximate surface area is 246 Å². The maximum Gasteiger partial charge on any atom is 0.310 e. The van der Waals surface area contributed by atoms with Crippen LogP contribution in [0.1, 0.15) is 99.3 Å². The molecule has 5 aliphatic rings. The number of phenolic OH excluding ortho intramolecular Hbond substituents is 1. The summed E-state index contributed by atoms with van der Waals surface area (Å²) in [5.74, 6) is 2.08. The highest BCUT2D eigenvalue weighted by Crippen LogP contribution is 2.76. The van der Waals surface area contributed by atoms with Crippen LogP contribution in [0.5, 0.6) is 11.5 Å². The molecule has 10 atom stereocenters. The van der Waals surface area contributed by atoms with E-state index in [0.29, 0.717) is 36.7 Å². The van der Waals surface area contributed by atoms with E-state index < -0.39 is 11.4 Å². The number of hydrogen-bond acceptors (Lipinski definition) is 4. The van der Waals surface area contributed by atoms with Crippen LogP contribution in [0.2, 0.25) is 0 Å². The van der Waals surface area contributed by atoms with Crippen molar-refractivity contribution in [2.45, 2.75) is 105 Å². The number of allylic oxidation sites excluding steroid dienone is 1. The maximum atomic E-state index is 13.2. The SMILES string of the molecule is C[C@H]1[C@H](C)CC[C@]2(C(=O)O)CC[C@]3(COc4ccc(O)cc4)C(=CC[C@@H]4[C@@]5(C)CC[C@H](O)C(C)(C)[C@H]5CC[C@]43C)[C@@H]12. The highest BCUT2D eigenvalue weighted by molar-refractivity contribution is 5.76. The molecular weight excluding hydrogens is 512 g/mol. The average molecular weight is 565 g/mol. The van der Waals surface area contributed by atoms with Crippen LogP contribution >= 0.6 is 0 Å². The summed E-state index contributed by atoms with van der Waals surface area (Å²) in [7, 11) is 0. The summed E-state index contributed by atoms with van der Waals surface area (Å²) in [6, 6.07) is 7.05. The molecule has 5 nitrogen and oxygen atoms in total. The third-order valence-corrected chi connectivity index (χ3v) is 14.4. The summed E-state index contributed by atoms with van der Waals surface area (Å²) in [4.78, 5) is 13.2. The Morgan fingerprint density at radius 2 is 1.63 bits per heavy atom. The Morgan fingerprint density at radius 3 is 2.32 bits per heavy atom. The Hall–Kier alpha value is -2.01. The number of rotatable bonds is 4. The monoisotopic (exact) mass is 564 g/mol. The largest absolute Gasteiger partial charge is 0.508 e. The Balaban J connectivity index is 1.49. The number of fused-ring (bicyclic) bond motifs is 7. The molecule has 0 aliphatic heterocycles. The van der Waals surface area contributed by atoms with Crippen LogP contribution in [0.25, 0.3) is 0 Å². The van der Waals surface area contributed by atoms with E-state index >= 15 is 0 Å². The molecule has 0 radical (unpaired) electrons. The fourth-order valence-corrected chi connectivity index (χ4v) is 11.7. The zero-order chi connectivity index (χ0) is 29.6. The Morgan fingerprint density at radius 1 is 0.927 bits per heavy atom. The first-order chi connectivity index (χ1) is 19.2. The molecule has 5 aliphatic carbocycles. The van der Waals surface area contributed by atoms with Crippen molar-refractivity contribution in [3.63, 3.8) is 0 Å². The van der Waals surface area contributed by atoms with Gasteiger partial charge in [0.25, 0.3) is 0 Å². The number of aliphatic carboxylic acids is 1. The van der Waals surface area contributed by atoms with E-state index in [0.717, 1.165) is 57.1 Å². The number of ether oxygens (including phenoxy) is 1. The van der Waals surface area contributed by atoms with Crippen LogP contribution in [-0.2, 0) is 4.79 Å². The highest BCUT2D eigenvalue weighted by atomic mass is 16.5. The van der Waals surface area contributed by atoms with Crippen molar-refractivity contribution in [3.8, 4) is 11.5 Å². The summed E-state index contributed by atoms with van der Waals surface area (Å²) in [5.41, 5.74) is 0.378. The van der Waals surface area contributed by atoms with E-state index in [2.05, 4.69) is 47.6 Å². The van der Waals surface area contributed by atoms with Crippen molar-refractivity contribution in [2.24, 2.45) is 56.7 Å². The smallest absolute Gasteiger partial charge is 0.310 e. The molecule has 0 spiro atoms. The number of phenols is 1. The zero-order valence-electron chi connectivity index (χ0n) is 26.1. The Bertz CT molecular complexity index is 1220. The van der Waals surface area contributed by atoms with Gasteiger partial charge in [0, 0.05) is 5.41 Å². The highest BCUT2D eigenvalue weighted by Gasteiger charge is 2.71. The molecule has 0 heterocycles. The number of benzene rings is 1. The molecule has 3 N–H and O–H groups in total. The molecule has 0 saturated heterocycles. The molecule has 5 heteroatoms. The first-order valence-corrected chi connectivity index (χ1v) is 16.3. The fraction of sp³-hybridized carbons (Fsp3) is 0.750. The Kier molecular flexibility index (Phi) is 6.73. The van der Waals surface area contributed by atoms with Gasteiger partial charge in [0.15, 0.2) is 0 Å². The van der Waals surface area contributed by atoms with E-state index in [1.165, 1.54) is 5.57 Å². The van der Waals surface area contributed by atoms with Crippen LogP contribution < -0.4 is 4.74 Å². The van der Waals surface area contributed by atoms with Crippen LogP contribution in [-0.4, -0.2) is 34.0 Å². The van der Waals surface area contributed by atoms with E-state index in [1.54, 1.807) is 12.1 Å². The summed E-state index contributed by atoms with van der Waals surface area (Å²) in [5, 5.41) is 31.8. The van der Waals surface area contributed by atoms with Gasteiger partial charge in [-0.05, 0) is 128 Å². The van der Waals surface area contributed by atoms with Crippen LogP contribution in [0.4, 0.5) is 0 Å². The van der Waals surface area contributed by atoms with Gasteiger partial charge in [-0.15, -0.1) is 0 Å². The first kappa shape index (κ1) is 29.1. The lowest BCUT2D eigenvalue weighted by Crippen LogP contribution is -2.67. The predicted octanol–water partition coefficient (Wildman–Crippen LogP) is 7.85. The fourth-order valence-electron chi connectivity index (χ4n) is 11.7. The van der Waals surface area contributed by atoms with Gasteiger partial charge in [-0.2, -0.15) is 0 Å². The van der Waals surface area contributed by atoms with Crippen LogP contribution in [0.15, 0.2) is 35.9 Å². The molecule has 0 aromatic heterocycles. The number of carboxylic acids is 1. The van der Waals surface area contributed by atoms with Gasteiger partial charge in [-0.25, -0.2) is 0 Å². The van der Waals surface area contributed by atoms with Crippen molar-refractivity contribution in [1.29, 1.82) is 0 Å². The summed E-state index contributed by atoms with van der Waals surface area (Å²) < 4.78 is 6.70. The molecule has 41 heavy (non-hydrogen) atoms. The second kappa shape index (κ2) is 9.49. The third-order valence-electron chi connectivity index (χ3n) is 14.4. The summed E-state index contributed by atoms with van der Waals surface area (Å²) >= 11 is 0. The molecule has 226 valence electrons. The van der Waals surface area contributed by atoms with Crippen LogP contribution in [0.3, 0.4) is 0 Å². The molecule has 0 amide bonds. The van der Waals surface area contributed by atoms with Gasteiger partial charge in [0.05, 0.1) is 18.1 Å². The van der Waals surface area contributed by atoms with E-state index in [4.69, 9.17) is 4.74 Å². The van der Waals surface area contributed by atoms with Gasteiger partial charge >= 0.3 is 5.97 Å². The molecule has 6 rings (SSSR count). The number of aliphatic hydroxyl groups excluding tert-OH is 1. The molecule has 1 aromatic carbocycles. The number of aliphatic hydroxyl groups is 1. The average Bonchev–Trinajstić information content (AvgIpc) is 2.92. The molecule has 0 bridgehead atoms. The van der Waals surface area contributed by atoms with Crippen molar-refractivity contribution in [3.05, 3.63) is 35.9 Å². The second-order valence-corrected chi connectivity index (χ2v) is 16.0. The van der Waals surface area contributed by atoms with E-state index in [1.807, 2.05) is 12.1 Å². The number of hydrogen-bond donors (Lipinski definition) is 3. The van der Waals surface area contributed by atoms with Crippen molar-refractivity contribution >= 4 is 5.97 Å². The minimum atomic E-state index is -0.693. The topological polar surface area (TPSA) is 87.0 Å². The molecule has 4 fully saturated rings. The van der Waals surface area contributed by atoms with Crippen LogP contribution in [0, 0.1) is 56.7 Å². The van der Waals surface area contributed by atoms with Crippen molar-refractivity contribution < 1.29 is 24.9 Å². The number of aromatic hydroxyl groups is 1. The zero-order valence-corrected chi connectivity index (χ0v) is 26.1. The molecule has 0 unspecified atom stereocenters. The van der Waals surface area contributed by atoms with Gasteiger partial charge in [-0.3, -0.25) is 4.79 Å². The maximum absolute atomic E-state index is 13.2. The minimum Gasteiger partial charge on any atom is -0.508 e. The third kappa shape index (κ3) is 3.85. The standard InChI is InChI=1S/C36H52O5/c1-22-13-18-35(31(39)40)19-20-36(21-41-25-9-7-24(37)8-10-25)26(30(35)23(22)2)11-12-28-33(5)16-15-29(38)32(3,4)27(33)14-17-34(28,36)6/h7-11,22-23,27-30,37-38H,12-21H2,1-6H3,(H,39,40)/t22-,23+,27-,28-,29+,30-,33+,34-,35+,36+/m1/s1. The van der Waals surface area contributed by atoms with Gasteiger partial charge in [-0.1, -0.05) is 53.2 Å². The van der Waals surface area contributed by atoms with Crippen molar-refractivity contribution in [1.82, 2.24) is 0 Å². The van der Waals surface area contributed by atoms with E-state index in [-0.39, 0.29) is 39.4 Å². The number of carbonyl (C=O) groups is 1. The first-order valence-electron chi connectivity index (χ1n) is 16.3. The van der Waals surface area contributed by atoms with Gasteiger partial charge in [0.2, 0.25) is 0 Å². The second-order valence-electron chi connectivity index (χ2n) is 16.0. The minimum absolute atomic E-state index is 0.0221. The van der Waals surface area contributed by atoms with Crippen molar-refractivity contribution in [2.75, 3.05) is 6.61 Å². The van der Waals surface area contributed by atoms with E-state index in [9.17, 15) is 20.1 Å². The summed E-state index contributed by atoms with van der Waals surface area (Å²) in [6.45, 7) is 14.8. The molecule has 1 aromatic rings.